The Kier molecular flexibility index (Phi) is 7.06. The Balaban J connectivity index is 1.62. The van der Waals surface area contributed by atoms with Crippen molar-refractivity contribution in [2.24, 2.45) is 13.0 Å². The van der Waals surface area contributed by atoms with Crippen molar-refractivity contribution in [3.8, 4) is 0 Å². The summed E-state index contributed by atoms with van der Waals surface area (Å²) >= 11 is 0. The van der Waals surface area contributed by atoms with Crippen molar-refractivity contribution in [3.63, 3.8) is 0 Å². The van der Waals surface area contributed by atoms with Gasteiger partial charge in [0.15, 0.2) is 0 Å². The van der Waals surface area contributed by atoms with E-state index in [0.29, 0.717) is 12.2 Å². The number of aromatic nitrogens is 3. The first kappa shape index (κ1) is 25.3. The zero-order valence-electron chi connectivity index (χ0n) is 21.8. The number of imidazole rings is 1. The molecule has 0 aliphatic carbocycles. The Bertz CT molecular complexity index is 1350. The lowest BCUT2D eigenvalue weighted by molar-refractivity contribution is -0.124. The van der Waals surface area contributed by atoms with Gasteiger partial charge in [-0.3, -0.25) is 4.79 Å². The number of hydrogen-bond acceptors (Lipinski definition) is 4. The van der Waals surface area contributed by atoms with Crippen LogP contribution in [0.1, 0.15) is 52.0 Å². The maximum absolute atomic E-state index is 13.7. The number of nitrogens with zero attached hydrogens (tertiary/aromatic N) is 2. The van der Waals surface area contributed by atoms with Gasteiger partial charge in [-0.1, -0.05) is 44.2 Å². The van der Waals surface area contributed by atoms with E-state index < -0.39 is 17.7 Å². The summed E-state index contributed by atoms with van der Waals surface area (Å²) in [6.07, 6.45) is 1.69. The molecule has 0 fully saturated rings. The number of alkyl carbamates (subject to hydrolysis) is 1. The van der Waals surface area contributed by atoms with Crippen LogP contribution in [0.2, 0.25) is 0 Å². The molecular weight excluding hydrogens is 454 g/mol. The Labute approximate surface area is 211 Å². The van der Waals surface area contributed by atoms with Gasteiger partial charge in [0.25, 0.3) is 0 Å². The van der Waals surface area contributed by atoms with Gasteiger partial charge < -0.3 is 24.9 Å². The second-order valence-electron chi connectivity index (χ2n) is 10.6. The fourth-order valence-corrected chi connectivity index (χ4v) is 4.39. The molecule has 2 aromatic heterocycles. The first-order valence-electron chi connectivity index (χ1n) is 12.3. The number of carbonyl (C=O) groups excluding carboxylic acids is 2. The molecule has 0 spiro atoms. The molecule has 0 bridgehead atoms. The van der Waals surface area contributed by atoms with Crippen molar-refractivity contribution in [2.75, 3.05) is 0 Å². The lowest BCUT2D eigenvalue weighted by Crippen LogP contribution is -2.50. The van der Waals surface area contributed by atoms with Gasteiger partial charge in [-0.05, 0) is 50.5 Å². The van der Waals surface area contributed by atoms with Gasteiger partial charge in [-0.25, -0.2) is 9.78 Å². The standard InChI is InChI=1S/C28H35N5O3/c1-17(2)24(25-29-20-12-8-9-13-21(20)30-25)32-26(34)22(31-27(35)36-28(3,4)5)15-18-16-33(6)23-14-10-7-11-19(18)23/h7-14,16-17,22,24H,15H2,1-6H3,(H,29,30)(H,31,35)(H,32,34). The van der Waals surface area contributed by atoms with E-state index in [4.69, 9.17) is 9.72 Å². The molecule has 0 radical (unpaired) electrons. The highest BCUT2D eigenvalue weighted by Gasteiger charge is 2.29. The van der Waals surface area contributed by atoms with Gasteiger partial charge in [-0.2, -0.15) is 0 Å². The highest BCUT2D eigenvalue weighted by molar-refractivity contribution is 5.89. The van der Waals surface area contributed by atoms with Gasteiger partial charge >= 0.3 is 6.09 Å². The Hall–Kier alpha value is -3.81. The molecule has 2 atom stereocenters. The van der Waals surface area contributed by atoms with Gasteiger partial charge in [0.2, 0.25) is 5.91 Å². The molecule has 8 heteroatoms. The largest absolute Gasteiger partial charge is 0.444 e. The van der Waals surface area contributed by atoms with E-state index in [1.54, 1.807) is 20.8 Å². The van der Waals surface area contributed by atoms with Crippen molar-refractivity contribution in [1.29, 1.82) is 0 Å². The normalized spacial score (nSPS) is 13.6. The molecule has 2 aromatic carbocycles. The maximum Gasteiger partial charge on any atom is 0.408 e. The molecule has 2 unspecified atom stereocenters. The fourth-order valence-electron chi connectivity index (χ4n) is 4.39. The molecule has 0 aliphatic rings. The molecule has 36 heavy (non-hydrogen) atoms. The molecule has 2 amide bonds. The van der Waals surface area contributed by atoms with Crippen molar-refractivity contribution in [1.82, 2.24) is 25.2 Å². The Morgan fingerprint density at radius 2 is 1.75 bits per heavy atom. The molecule has 4 aromatic rings. The quantitative estimate of drug-likeness (QED) is 0.340. The van der Waals surface area contributed by atoms with E-state index in [1.165, 1.54) is 0 Å². The third-order valence-electron chi connectivity index (χ3n) is 6.08. The van der Waals surface area contributed by atoms with Crippen LogP contribution in [-0.4, -0.2) is 38.2 Å². The van der Waals surface area contributed by atoms with Crippen LogP contribution >= 0.6 is 0 Å². The van der Waals surface area contributed by atoms with Gasteiger partial charge in [0.05, 0.1) is 17.1 Å². The SMILES string of the molecule is CC(C)C(NC(=O)C(Cc1cn(C)c2ccccc12)NC(=O)OC(C)(C)C)c1nc2ccccc2[nH]1. The number of benzene rings is 2. The number of carbonyl (C=O) groups is 2. The number of rotatable bonds is 7. The van der Waals surface area contributed by atoms with Crippen molar-refractivity contribution < 1.29 is 14.3 Å². The summed E-state index contributed by atoms with van der Waals surface area (Å²) in [6.45, 7) is 9.44. The van der Waals surface area contributed by atoms with Crippen LogP contribution in [0.25, 0.3) is 21.9 Å². The van der Waals surface area contributed by atoms with E-state index in [-0.39, 0.29) is 17.9 Å². The van der Waals surface area contributed by atoms with Crippen LogP contribution in [0.15, 0.2) is 54.7 Å². The summed E-state index contributed by atoms with van der Waals surface area (Å²) in [4.78, 5) is 34.4. The van der Waals surface area contributed by atoms with Gasteiger partial charge in [-0.15, -0.1) is 0 Å². The van der Waals surface area contributed by atoms with Crippen molar-refractivity contribution in [3.05, 3.63) is 66.1 Å². The number of ether oxygens (including phenoxy) is 1. The minimum Gasteiger partial charge on any atom is -0.444 e. The third kappa shape index (κ3) is 5.70. The number of nitrogens with one attached hydrogen (secondary N) is 3. The first-order chi connectivity index (χ1) is 17.0. The Morgan fingerprint density at radius 3 is 2.44 bits per heavy atom. The van der Waals surface area contributed by atoms with E-state index in [0.717, 1.165) is 27.5 Å². The van der Waals surface area contributed by atoms with Gasteiger partial charge in [0.1, 0.15) is 17.5 Å². The van der Waals surface area contributed by atoms with E-state index in [1.807, 2.05) is 80.2 Å². The van der Waals surface area contributed by atoms with Crippen LogP contribution in [0.5, 0.6) is 0 Å². The molecule has 0 aliphatic heterocycles. The number of aryl methyl sites for hydroxylation is 1. The monoisotopic (exact) mass is 489 g/mol. The minimum atomic E-state index is -0.837. The van der Waals surface area contributed by atoms with E-state index in [9.17, 15) is 9.59 Å². The smallest absolute Gasteiger partial charge is 0.408 e. The van der Waals surface area contributed by atoms with Crippen molar-refractivity contribution in [2.45, 2.75) is 58.7 Å². The predicted molar refractivity (Wildman–Crippen MR) is 142 cm³/mol. The molecule has 190 valence electrons. The summed E-state index contributed by atoms with van der Waals surface area (Å²) in [6, 6.07) is 14.6. The summed E-state index contributed by atoms with van der Waals surface area (Å²) in [7, 11) is 1.97. The van der Waals surface area contributed by atoms with Crippen LogP contribution < -0.4 is 10.6 Å². The zero-order valence-corrected chi connectivity index (χ0v) is 21.8. The number of fused-ring (bicyclic) bond motifs is 2. The number of aromatic amines is 1. The summed E-state index contributed by atoms with van der Waals surface area (Å²) < 4.78 is 7.50. The second-order valence-corrected chi connectivity index (χ2v) is 10.6. The molecule has 4 rings (SSSR count). The molecule has 0 saturated carbocycles. The number of amides is 2. The minimum absolute atomic E-state index is 0.0641. The summed E-state index contributed by atoms with van der Waals surface area (Å²) in [5.41, 5.74) is 3.10. The van der Waals surface area contributed by atoms with Crippen LogP contribution in [0.3, 0.4) is 0 Å². The highest BCUT2D eigenvalue weighted by Crippen LogP contribution is 2.24. The maximum atomic E-state index is 13.7. The molecule has 8 nitrogen and oxygen atoms in total. The van der Waals surface area contributed by atoms with Crippen LogP contribution in [-0.2, 0) is 23.0 Å². The zero-order chi connectivity index (χ0) is 26.0. The second kappa shape index (κ2) is 10.0. The summed E-state index contributed by atoms with van der Waals surface area (Å²) in [5, 5.41) is 6.98. The average Bonchev–Trinajstić information content (AvgIpc) is 3.36. The fraction of sp³-hybridized carbons (Fsp3) is 0.393. The van der Waals surface area contributed by atoms with Crippen molar-refractivity contribution >= 4 is 33.9 Å². The molecule has 3 N–H and O–H groups in total. The highest BCUT2D eigenvalue weighted by atomic mass is 16.6. The third-order valence-corrected chi connectivity index (χ3v) is 6.08. The lowest BCUT2D eigenvalue weighted by atomic mass is 10.0. The topological polar surface area (TPSA) is 101 Å². The molecular formula is C28H35N5O3. The lowest BCUT2D eigenvalue weighted by Gasteiger charge is -2.26. The number of para-hydroxylation sites is 3. The van der Waals surface area contributed by atoms with Crippen LogP contribution in [0.4, 0.5) is 4.79 Å². The van der Waals surface area contributed by atoms with E-state index >= 15 is 0 Å². The number of hydrogen-bond donors (Lipinski definition) is 3. The van der Waals surface area contributed by atoms with Gasteiger partial charge in [0, 0.05) is 30.6 Å². The number of H-pyrrole nitrogens is 1. The molecule has 2 heterocycles. The Morgan fingerprint density at radius 1 is 1.06 bits per heavy atom. The summed E-state index contributed by atoms with van der Waals surface area (Å²) in [5.74, 6) is 0.447. The average molecular weight is 490 g/mol. The van der Waals surface area contributed by atoms with Crippen LogP contribution in [0, 0.1) is 5.92 Å². The van der Waals surface area contributed by atoms with E-state index in [2.05, 4.69) is 15.6 Å². The predicted octanol–water partition coefficient (Wildman–Crippen LogP) is 5.00. The first-order valence-corrected chi connectivity index (χ1v) is 12.3. The molecule has 0 saturated heterocycles.